The summed E-state index contributed by atoms with van der Waals surface area (Å²) in [7, 11) is 0. The van der Waals surface area contributed by atoms with Crippen LogP contribution in [0.3, 0.4) is 0 Å². The maximum absolute atomic E-state index is 6.11. The van der Waals surface area contributed by atoms with Gasteiger partial charge in [-0.25, -0.2) is 9.97 Å². The van der Waals surface area contributed by atoms with Gasteiger partial charge in [-0.1, -0.05) is 63.1 Å². The van der Waals surface area contributed by atoms with Gasteiger partial charge in [0, 0.05) is 18.0 Å². The minimum Gasteiger partial charge on any atom is -0.492 e. The van der Waals surface area contributed by atoms with Crippen molar-refractivity contribution in [3.8, 4) is 28.3 Å². The second-order valence-corrected chi connectivity index (χ2v) is 7.91. The fraction of sp³-hybridized carbons (Fsp3) is 0.360. The maximum atomic E-state index is 6.11. The lowest BCUT2D eigenvalue weighted by Crippen LogP contribution is -2.10. The Hall–Kier alpha value is -2.39. The number of hydrogen-bond donors (Lipinski definition) is 0. The predicted molar refractivity (Wildman–Crippen MR) is 122 cm³/mol. The first-order valence-corrected chi connectivity index (χ1v) is 10.9. The quantitative estimate of drug-likeness (QED) is 0.269. The third-order valence-corrected chi connectivity index (χ3v) is 5.41. The van der Waals surface area contributed by atoms with Crippen molar-refractivity contribution >= 4 is 11.6 Å². The average molecular weight is 409 g/mol. The van der Waals surface area contributed by atoms with Crippen molar-refractivity contribution in [2.45, 2.75) is 51.3 Å². The topological polar surface area (TPSA) is 35.0 Å². The number of unbranched alkanes of at least 4 members (excludes halogenated alkanes) is 2. The Bertz CT molecular complexity index is 861. The van der Waals surface area contributed by atoms with Gasteiger partial charge >= 0.3 is 0 Å². The monoisotopic (exact) mass is 408 g/mol. The third kappa shape index (κ3) is 6.30. The van der Waals surface area contributed by atoms with Gasteiger partial charge in [-0.3, -0.25) is 0 Å². The molecule has 0 spiro atoms. The molecule has 29 heavy (non-hydrogen) atoms. The van der Waals surface area contributed by atoms with Crippen LogP contribution in [0.1, 0.15) is 45.1 Å². The molecule has 0 saturated carbocycles. The van der Waals surface area contributed by atoms with Crippen molar-refractivity contribution < 1.29 is 4.74 Å². The Kier molecular flexibility index (Phi) is 8.06. The lowest BCUT2D eigenvalue weighted by molar-refractivity contribution is 0.313. The SMILES string of the molecule is CCCCCc1cnc(-c2ccc(-c3ccc(OCC(Cl)CC)cc3)cc2)nc1. The number of halogens is 1. The third-order valence-electron chi connectivity index (χ3n) is 4.98. The van der Waals surface area contributed by atoms with Gasteiger partial charge in [0.2, 0.25) is 0 Å². The smallest absolute Gasteiger partial charge is 0.159 e. The van der Waals surface area contributed by atoms with Gasteiger partial charge in [-0.05, 0) is 48.1 Å². The van der Waals surface area contributed by atoms with E-state index >= 15 is 0 Å². The number of benzene rings is 2. The van der Waals surface area contributed by atoms with E-state index in [0.717, 1.165) is 41.1 Å². The fourth-order valence-electron chi connectivity index (χ4n) is 3.07. The van der Waals surface area contributed by atoms with Crippen LogP contribution in [-0.4, -0.2) is 22.0 Å². The van der Waals surface area contributed by atoms with Crippen LogP contribution in [0.2, 0.25) is 0 Å². The van der Waals surface area contributed by atoms with E-state index in [1.165, 1.54) is 24.8 Å². The van der Waals surface area contributed by atoms with Crippen LogP contribution in [0, 0.1) is 0 Å². The summed E-state index contributed by atoms with van der Waals surface area (Å²) < 4.78 is 5.72. The van der Waals surface area contributed by atoms with Gasteiger partial charge < -0.3 is 4.74 Å². The van der Waals surface area contributed by atoms with Crippen molar-refractivity contribution in [1.29, 1.82) is 0 Å². The number of rotatable bonds is 10. The summed E-state index contributed by atoms with van der Waals surface area (Å²) in [6, 6.07) is 16.5. The first kappa shape index (κ1) is 21.3. The highest BCUT2D eigenvalue weighted by molar-refractivity contribution is 6.20. The first-order chi connectivity index (χ1) is 14.2. The summed E-state index contributed by atoms with van der Waals surface area (Å²) in [6.45, 7) is 4.80. The van der Waals surface area contributed by atoms with Gasteiger partial charge in [-0.15, -0.1) is 11.6 Å². The highest BCUT2D eigenvalue weighted by Crippen LogP contribution is 2.25. The molecule has 0 aliphatic heterocycles. The molecule has 1 aromatic heterocycles. The minimum absolute atomic E-state index is 0.0508. The number of aryl methyl sites for hydroxylation is 1. The highest BCUT2D eigenvalue weighted by atomic mass is 35.5. The molecule has 0 saturated heterocycles. The summed E-state index contributed by atoms with van der Waals surface area (Å²) in [5, 5.41) is 0.0508. The molecule has 0 bridgehead atoms. The van der Waals surface area contributed by atoms with Crippen molar-refractivity contribution in [1.82, 2.24) is 9.97 Å². The fourth-order valence-corrected chi connectivity index (χ4v) is 3.13. The molecule has 0 fully saturated rings. The van der Waals surface area contributed by atoms with E-state index in [2.05, 4.69) is 60.2 Å². The van der Waals surface area contributed by atoms with Crippen molar-refractivity contribution in [2.75, 3.05) is 6.61 Å². The van der Waals surface area contributed by atoms with Gasteiger partial charge in [0.15, 0.2) is 5.82 Å². The number of aromatic nitrogens is 2. The lowest BCUT2D eigenvalue weighted by atomic mass is 10.0. The molecule has 1 heterocycles. The van der Waals surface area contributed by atoms with Gasteiger partial charge in [0.25, 0.3) is 0 Å². The van der Waals surface area contributed by atoms with Crippen molar-refractivity contribution in [2.24, 2.45) is 0 Å². The molecule has 1 unspecified atom stereocenters. The lowest BCUT2D eigenvalue weighted by Gasteiger charge is -2.10. The average Bonchev–Trinajstić information content (AvgIpc) is 2.78. The molecule has 2 aromatic carbocycles. The molecule has 0 aliphatic carbocycles. The molecule has 4 heteroatoms. The Morgan fingerprint density at radius 3 is 2.00 bits per heavy atom. The zero-order valence-electron chi connectivity index (χ0n) is 17.3. The largest absolute Gasteiger partial charge is 0.492 e. The van der Waals surface area contributed by atoms with E-state index < -0.39 is 0 Å². The second-order valence-electron chi connectivity index (χ2n) is 7.29. The molecule has 0 N–H and O–H groups in total. The van der Waals surface area contributed by atoms with Crippen LogP contribution >= 0.6 is 11.6 Å². The van der Waals surface area contributed by atoms with Crippen LogP contribution in [0.25, 0.3) is 22.5 Å². The summed E-state index contributed by atoms with van der Waals surface area (Å²) in [5.41, 5.74) is 4.54. The molecule has 0 aliphatic rings. The molecule has 1 atom stereocenters. The minimum atomic E-state index is 0.0508. The Morgan fingerprint density at radius 1 is 0.828 bits per heavy atom. The molecule has 0 amide bonds. The summed E-state index contributed by atoms with van der Waals surface area (Å²) in [4.78, 5) is 9.09. The number of hydrogen-bond acceptors (Lipinski definition) is 3. The summed E-state index contributed by atoms with van der Waals surface area (Å²) in [6.07, 6.45) is 9.54. The Balaban J connectivity index is 1.62. The van der Waals surface area contributed by atoms with Crippen LogP contribution in [0.15, 0.2) is 60.9 Å². The molecule has 3 aromatic rings. The molecule has 152 valence electrons. The van der Waals surface area contributed by atoms with E-state index in [4.69, 9.17) is 16.3 Å². The number of nitrogens with zero attached hydrogens (tertiary/aromatic N) is 2. The van der Waals surface area contributed by atoms with Gasteiger partial charge in [0.05, 0.1) is 5.38 Å². The first-order valence-electron chi connectivity index (χ1n) is 10.5. The number of alkyl halides is 1. The van der Waals surface area contributed by atoms with Crippen LogP contribution in [-0.2, 0) is 6.42 Å². The molecule has 0 radical (unpaired) electrons. The van der Waals surface area contributed by atoms with Crippen LogP contribution in [0.4, 0.5) is 0 Å². The molecular weight excluding hydrogens is 380 g/mol. The van der Waals surface area contributed by atoms with E-state index in [-0.39, 0.29) is 5.38 Å². The standard InChI is InChI=1S/C25H29ClN2O/c1-3-5-6-7-19-16-27-25(28-17-19)22-10-8-20(9-11-22)21-12-14-24(15-13-21)29-18-23(26)4-2/h8-17,23H,3-7,18H2,1-2H3. The summed E-state index contributed by atoms with van der Waals surface area (Å²) >= 11 is 6.11. The zero-order valence-corrected chi connectivity index (χ0v) is 18.0. The van der Waals surface area contributed by atoms with Gasteiger partial charge in [-0.2, -0.15) is 0 Å². The van der Waals surface area contributed by atoms with Crippen LogP contribution < -0.4 is 4.74 Å². The van der Waals surface area contributed by atoms with E-state index in [1.54, 1.807) is 0 Å². The zero-order chi connectivity index (χ0) is 20.5. The Labute approximate surface area is 179 Å². The van der Waals surface area contributed by atoms with E-state index in [0.29, 0.717) is 6.61 Å². The molecular formula is C25H29ClN2O. The number of ether oxygens (including phenoxy) is 1. The van der Waals surface area contributed by atoms with Crippen molar-refractivity contribution in [3.05, 3.63) is 66.5 Å². The summed E-state index contributed by atoms with van der Waals surface area (Å²) in [5.74, 6) is 1.61. The Morgan fingerprint density at radius 2 is 1.41 bits per heavy atom. The van der Waals surface area contributed by atoms with E-state index in [1.807, 2.05) is 24.5 Å². The highest BCUT2D eigenvalue weighted by Gasteiger charge is 2.05. The second kappa shape index (κ2) is 11.0. The van der Waals surface area contributed by atoms with Crippen LogP contribution in [0.5, 0.6) is 5.75 Å². The molecule has 3 nitrogen and oxygen atoms in total. The predicted octanol–water partition coefficient (Wildman–Crippen LogP) is 6.94. The normalized spacial score (nSPS) is 12.0. The maximum Gasteiger partial charge on any atom is 0.159 e. The van der Waals surface area contributed by atoms with E-state index in [9.17, 15) is 0 Å². The van der Waals surface area contributed by atoms with Crippen molar-refractivity contribution in [3.63, 3.8) is 0 Å². The van der Waals surface area contributed by atoms with Gasteiger partial charge in [0.1, 0.15) is 12.4 Å². The molecule has 3 rings (SSSR count).